The maximum Gasteiger partial charge on any atom is 0.260 e. The summed E-state index contributed by atoms with van der Waals surface area (Å²) in [7, 11) is 0. The van der Waals surface area contributed by atoms with Crippen LogP contribution < -0.4 is 25.9 Å². The Bertz CT molecular complexity index is 2250. The van der Waals surface area contributed by atoms with E-state index in [1.165, 1.54) is 27.6 Å². The molecule has 1 aromatic heterocycles. The summed E-state index contributed by atoms with van der Waals surface area (Å²) in [6.45, 7) is 9.01. The van der Waals surface area contributed by atoms with Gasteiger partial charge in [0.1, 0.15) is 34.2 Å². The fourth-order valence-electron chi connectivity index (χ4n) is 7.64. The molecule has 0 aliphatic carbocycles. The molecule has 4 heteroatoms. The van der Waals surface area contributed by atoms with Crippen LogP contribution in [0, 0.1) is 0 Å². The van der Waals surface area contributed by atoms with Crippen LogP contribution >= 0.6 is 0 Å². The Morgan fingerprint density at radius 3 is 1.72 bits per heavy atom. The van der Waals surface area contributed by atoms with E-state index in [0.717, 1.165) is 61.5 Å². The van der Waals surface area contributed by atoms with Crippen molar-refractivity contribution in [3.63, 3.8) is 0 Å². The average Bonchev–Trinajstić information content (AvgIpc) is 3.48. The predicted octanol–water partition coefficient (Wildman–Crippen LogP) is 9.74. The van der Waals surface area contributed by atoms with Gasteiger partial charge in [0.2, 0.25) is 0 Å². The molecule has 7 aromatic rings. The molecule has 0 N–H and O–H groups in total. The summed E-state index contributed by atoms with van der Waals surface area (Å²) in [6.07, 6.45) is 0. The topological polar surface area (TPSA) is 31.6 Å². The molecule has 3 heterocycles. The summed E-state index contributed by atoms with van der Waals surface area (Å²) in [5, 5.41) is 2.25. The van der Waals surface area contributed by atoms with E-state index in [4.69, 9.17) is 13.9 Å². The van der Waals surface area contributed by atoms with Crippen molar-refractivity contribution >= 4 is 45.0 Å². The van der Waals surface area contributed by atoms with Gasteiger partial charge in [-0.3, -0.25) is 0 Å². The molecular formula is C43H35BO3. The van der Waals surface area contributed by atoms with Gasteiger partial charge >= 0.3 is 0 Å². The van der Waals surface area contributed by atoms with Crippen LogP contribution in [0.3, 0.4) is 0 Å². The first kappa shape index (κ1) is 28.0. The lowest BCUT2D eigenvalue weighted by Gasteiger charge is -2.35. The Labute approximate surface area is 275 Å². The summed E-state index contributed by atoms with van der Waals surface area (Å²) in [4.78, 5) is 0. The van der Waals surface area contributed by atoms with Crippen LogP contribution in [0.4, 0.5) is 0 Å². The van der Waals surface area contributed by atoms with E-state index in [2.05, 4.69) is 137 Å². The van der Waals surface area contributed by atoms with E-state index in [9.17, 15) is 0 Å². The summed E-state index contributed by atoms with van der Waals surface area (Å²) in [5.74, 6) is 4.25. The van der Waals surface area contributed by atoms with E-state index in [1.54, 1.807) is 0 Å². The van der Waals surface area contributed by atoms with E-state index >= 15 is 0 Å². The summed E-state index contributed by atoms with van der Waals surface area (Å²) >= 11 is 0. The number of para-hydroxylation sites is 2. The quantitative estimate of drug-likeness (QED) is 0.144. The normalized spacial score (nSPS) is 13.7. The van der Waals surface area contributed by atoms with Crippen LogP contribution in [-0.2, 0) is 0 Å². The molecular weight excluding hydrogens is 575 g/mol. The second kappa shape index (κ2) is 10.7. The maximum absolute atomic E-state index is 6.85. The number of furan rings is 1. The third-order valence-corrected chi connectivity index (χ3v) is 10.1. The highest BCUT2D eigenvalue weighted by atomic mass is 16.5. The van der Waals surface area contributed by atoms with Crippen molar-refractivity contribution in [2.45, 2.75) is 45.4 Å². The predicted molar refractivity (Wildman–Crippen MR) is 193 cm³/mol. The highest BCUT2D eigenvalue weighted by molar-refractivity contribution is 6.98. The SMILES string of the molecule is CC(C)c1ccc2c(c1)B1c3cc(C(C)C)ccc3Oc3cc(C(c4ccccc4)c4cccc5c4oc4ccccc45)cc(c31)O2. The monoisotopic (exact) mass is 610 g/mol. The Hall–Kier alpha value is -5.22. The lowest BCUT2D eigenvalue weighted by atomic mass is 9.34. The summed E-state index contributed by atoms with van der Waals surface area (Å²) < 4.78 is 20.3. The molecule has 0 bridgehead atoms. The second-order valence-electron chi connectivity index (χ2n) is 13.6. The molecule has 2 aliphatic rings. The Morgan fingerprint density at radius 1 is 0.489 bits per heavy atom. The molecule has 1 unspecified atom stereocenters. The molecule has 6 aromatic carbocycles. The molecule has 1 atom stereocenters. The van der Waals surface area contributed by atoms with Gasteiger partial charge in [0, 0.05) is 27.7 Å². The minimum atomic E-state index is -0.109. The van der Waals surface area contributed by atoms with Gasteiger partial charge in [0.05, 0.1) is 0 Å². The molecule has 0 spiro atoms. The minimum absolute atomic E-state index is 0.0212. The van der Waals surface area contributed by atoms with Gasteiger partial charge in [-0.2, -0.15) is 0 Å². The number of hydrogen-bond donors (Lipinski definition) is 0. The molecule has 228 valence electrons. The number of ether oxygens (including phenoxy) is 2. The smallest absolute Gasteiger partial charge is 0.260 e. The third kappa shape index (κ3) is 4.42. The van der Waals surface area contributed by atoms with Crippen molar-refractivity contribution < 1.29 is 13.9 Å². The molecule has 0 saturated carbocycles. The fourth-order valence-corrected chi connectivity index (χ4v) is 7.64. The maximum atomic E-state index is 6.85. The molecule has 47 heavy (non-hydrogen) atoms. The van der Waals surface area contributed by atoms with Crippen LogP contribution in [0.2, 0.25) is 0 Å². The zero-order valence-corrected chi connectivity index (χ0v) is 27.1. The highest BCUT2D eigenvalue weighted by Gasteiger charge is 2.41. The Morgan fingerprint density at radius 2 is 1.09 bits per heavy atom. The fraction of sp³-hybridized carbons (Fsp3) is 0.163. The van der Waals surface area contributed by atoms with Crippen LogP contribution in [0.15, 0.2) is 126 Å². The van der Waals surface area contributed by atoms with Gasteiger partial charge in [-0.05, 0) is 75.3 Å². The first-order valence-electron chi connectivity index (χ1n) is 16.7. The lowest BCUT2D eigenvalue weighted by Crippen LogP contribution is -2.57. The lowest BCUT2D eigenvalue weighted by molar-refractivity contribution is 0.462. The molecule has 0 saturated heterocycles. The number of rotatable bonds is 5. The first-order chi connectivity index (χ1) is 22.9. The zero-order chi connectivity index (χ0) is 31.8. The van der Waals surface area contributed by atoms with Gasteiger partial charge in [0.25, 0.3) is 6.71 Å². The van der Waals surface area contributed by atoms with Crippen LogP contribution in [0.25, 0.3) is 21.9 Å². The van der Waals surface area contributed by atoms with Crippen LogP contribution in [0.5, 0.6) is 23.0 Å². The third-order valence-electron chi connectivity index (χ3n) is 10.1. The van der Waals surface area contributed by atoms with Gasteiger partial charge in [0.15, 0.2) is 0 Å². The van der Waals surface area contributed by atoms with Crippen molar-refractivity contribution in [1.29, 1.82) is 0 Å². The summed E-state index contributed by atoms with van der Waals surface area (Å²) in [5.41, 5.74) is 11.3. The van der Waals surface area contributed by atoms with E-state index in [0.29, 0.717) is 11.8 Å². The van der Waals surface area contributed by atoms with E-state index < -0.39 is 0 Å². The molecule has 9 rings (SSSR count). The Kier molecular flexibility index (Phi) is 6.37. The van der Waals surface area contributed by atoms with Crippen molar-refractivity contribution in [2.75, 3.05) is 0 Å². The molecule has 0 radical (unpaired) electrons. The molecule has 0 fully saturated rings. The van der Waals surface area contributed by atoms with Crippen molar-refractivity contribution in [2.24, 2.45) is 0 Å². The molecule has 3 nitrogen and oxygen atoms in total. The first-order valence-corrected chi connectivity index (χ1v) is 16.7. The number of benzene rings is 6. The van der Waals surface area contributed by atoms with E-state index in [-0.39, 0.29) is 12.6 Å². The summed E-state index contributed by atoms with van der Waals surface area (Å²) in [6, 6.07) is 43.4. The van der Waals surface area contributed by atoms with Crippen molar-refractivity contribution in [3.05, 3.63) is 149 Å². The van der Waals surface area contributed by atoms with Crippen molar-refractivity contribution in [3.8, 4) is 23.0 Å². The number of hydrogen-bond acceptors (Lipinski definition) is 3. The van der Waals surface area contributed by atoms with Gasteiger partial charge < -0.3 is 13.9 Å². The van der Waals surface area contributed by atoms with Gasteiger partial charge in [-0.15, -0.1) is 0 Å². The second-order valence-corrected chi connectivity index (χ2v) is 13.6. The van der Waals surface area contributed by atoms with Crippen LogP contribution in [-0.4, -0.2) is 6.71 Å². The Balaban J connectivity index is 1.29. The van der Waals surface area contributed by atoms with Crippen LogP contribution in [0.1, 0.15) is 73.3 Å². The van der Waals surface area contributed by atoms with Crippen molar-refractivity contribution in [1.82, 2.24) is 0 Å². The minimum Gasteiger partial charge on any atom is -0.458 e. The average molecular weight is 611 g/mol. The molecule has 2 aliphatic heterocycles. The largest absolute Gasteiger partial charge is 0.458 e. The molecule has 0 amide bonds. The van der Waals surface area contributed by atoms with Gasteiger partial charge in [-0.1, -0.05) is 119 Å². The zero-order valence-electron chi connectivity index (χ0n) is 27.1. The highest BCUT2D eigenvalue weighted by Crippen LogP contribution is 2.44. The van der Waals surface area contributed by atoms with E-state index in [1.807, 2.05) is 12.1 Å². The standard InChI is InChI=1S/C43H35BO3/c1-25(2)28-17-19-37-34(21-28)44-35-22-29(26(3)4)18-20-38(35)46-40-24-30(23-39(45-37)42(40)44)41(27-11-6-5-7-12-27)33-15-10-14-32-31-13-8-9-16-36(31)47-43(32)33/h5-26,41H,1-4H3. The number of fused-ring (bicyclic) bond motifs is 7. The van der Waals surface area contributed by atoms with Gasteiger partial charge in [-0.25, -0.2) is 0 Å².